The summed E-state index contributed by atoms with van der Waals surface area (Å²) in [4.78, 5) is 58.4. The highest BCUT2D eigenvalue weighted by atomic mass is 31.2. The first-order valence-corrected chi connectivity index (χ1v) is 16.8. The van der Waals surface area contributed by atoms with E-state index in [0.29, 0.717) is 29.6 Å². The van der Waals surface area contributed by atoms with Crippen molar-refractivity contribution in [3.63, 3.8) is 0 Å². The lowest BCUT2D eigenvalue weighted by Crippen LogP contribution is -2.32. The molecule has 0 aliphatic heterocycles. The Morgan fingerprint density at radius 2 is 1.58 bits per heavy atom. The highest BCUT2D eigenvalue weighted by Crippen LogP contribution is 2.52. The van der Waals surface area contributed by atoms with E-state index in [1.54, 1.807) is 0 Å². The lowest BCUT2D eigenvalue weighted by molar-refractivity contribution is -0.174. The quantitative estimate of drug-likeness (QED) is 0.0920. The summed E-state index contributed by atoms with van der Waals surface area (Å²) in [5.74, 6) is -1.12. The van der Waals surface area contributed by atoms with Gasteiger partial charge in [-0.25, -0.2) is 14.2 Å². The first kappa shape index (κ1) is 36.0. The Kier molecular flexibility index (Phi) is 12.6. The van der Waals surface area contributed by atoms with Crippen LogP contribution in [0, 0.1) is 18.8 Å². The van der Waals surface area contributed by atoms with Crippen molar-refractivity contribution in [3.8, 4) is 0 Å². The molecule has 1 saturated carbocycles. The number of anilines is 3. The van der Waals surface area contributed by atoms with E-state index in [9.17, 15) is 18.9 Å². The number of nitrogens with zero attached hydrogens (tertiary/aromatic N) is 1. The van der Waals surface area contributed by atoms with Crippen LogP contribution in [-0.2, 0) is 28.2 Å². The molecule has 248 valence electrons. The van der Waals surface area contributed by atoms with Gasteiger partial charge in [-0.15, -0.1) is 0 Å². The van der Waals surface area contributed by atoms with Gasteiger partial charge in [0.25, 0.3) is 0 Å². The normalized spacial score (nSPS) is 14.5. The summed E-state index contributed by atoms with van der Waals surface area (Å²) < 4.78 is 25.7. The van der Waals surface area contributed by atoms with Crippen LogP contribution in [0.1, 0.15) is 77.3 Å². The second-order valence-electron chi connectivity index (χ2n) is 12.4. The maximum Gasteiger partial charge on any atom is 0.470 e. The van der Waals surface area contributed by atoms with Crippen molar-refractivity contribution in [2.75, 3.05) is 35.4 Å². The average molecular weight is 648 g/mol. The van der Waals surface area contributed by atoms with Crippen LogP contribution in [0.15, 0.2) is 42.5 Å². The Balaban J connectivity index is 1.75. The number of amides is 2. The van der Waals surface area contributed by atoms with Gasteiger partial charge in [0.2, 0.25) is 6.79 Å². The van der Waals surface area contributed by atoms with E-state index in [0.717, 1.165) is 29.9 Å². The highest BCUT2D eigenvalue weighted by molar-refractivity contribution is 7.46. The second kappa shape index (κ2) is 15.7. The van der Waals surface area contributed by atoms with Gasteiger partial charge in [-0.3, -0.25) is 9.32 Å². The standard InChI is InChI=1S/C32H46N3O9P/c1-7-24(17-29(36)42-20-43-30(37)32(14-15-32)44-45(39,40)41)25-10-13-28(35(18-21(2)3)19-22(4)5)27(16-25)34-31(38)33-26-11-8-23(6)9-12-26/h8-13,16,21-22,24H,7,14-15,17-20H2,1-6H3,(H2,33,34,38)(H2,39,40,41)/t24-/m0/s1. The topological polar surface area (TPSA) is 164 Å². The van der Waals surface area contributed by atoms with Crippen molar-refractivity contribution in [1.29, 1.82) is 0 Å². The number of hydrogen-bond acceptors (Lipinski definition) is 8. The number of rotatable bonds is 16. The van der Waals surface area contributed by atoms with E-state index in [1.807, 2.05) is 56.3 Å². The summed E-state index contributed by atoms with van der Waals surface area (Å²) >= 11 is 0. The third-order valence-electron chi connectivity index (χ3n) is 7.25. The van der Waals surface area contributed by atoms with Crippen LogP contribution < -0.4 is 15.5 Å². The summed E-state index contributed by atoms with van der Waals surface area (Å²) in [7, 11) is -4.89. The highest BCUT2D eigenvalue weighted by Gasteiger charge is 2.57. The fourth-order valence-corrected chi connectivity index (χ4v) is 5.68. The Bertz CT molecular complexity index is 1360. The number of nitrogens with one attached hydrogen (secondary N) is 2. The number of ether oxygens (including phenoxy) is 2. The van der Waals surface area contributed by atoms with E-state index < -0.39 is 38.2 Å². The molecule has 2 aromatic carbocycles. The predicted octanol–water partition coefficient (Wildman–Crippen LogP) is 6.33. The molecule has 0 radical (unpaired) electrons. The molecule has 13 heteroatoms. The van der Waals surface area contributed by atoms with Gasteiger partial charge in [0, 0.05) is 18.8 Å². The van der Waals surface area contributed by atoms with Crippen LogP contribution in [0.2, 0.25) is 0 Å². The first-order valence-electron chi connectivity index (χ1n) is 15.2. The van der Waals surface area contributed by atoms with Crippen molar-refractivity contribution < 1.29 is 42.7 Å². The van der Waals surface area contributed by atoms with Crippen molar-refractivity contribution in [2.24, 2.45) is 11.8 Å². The van der Waals surface area contributed by atoms with E-state index in [-0.39, 0.29) is 25.2 Å². The number of esters is 2. The Labute approximate surface area is 265 Å². The van der Waals surface area contributed by atoms with Gasteiger partial charge >= 0.3 is 25.8 Å². The van der Waals surface area contributed by atoms with Crippen LogP contribution >= 0.6 is 7.82 Å². The molecule has 0 saturated heterocycles. The number of benzene rings is 2. The summed E-state index contributed by atoms with van der Waals surface area (Å²) in [5, 5.41) is 5.91. The number of carbonyl (C=O) groups is 3. The van der Waals surface area contributed by atoms with Gasteiger partial charge in [0.15, 0.2) is 5.60 Å². The second-order valence-corrected chi connectivity index (χ2v) is 13.5. The van der Waals surface area contributed by atoms with Gasteiger partial charge in [-0.05, 0) is 73.8 Å². The SMILES string of the molecule is CC[C@@H](CC(=O)OCOC(=O)C1(OP(=O)(O)O)CC1)c1ccc(N(CC(C)C)CC(C)C)c(NC(=O)Nc2ccc(C)cc2)c1. The van der Waals surface area contributed by atoms with E-state index in [4.69, 9.17) is 19.3 Å². The van der Waals surface area contributed by atoms with Crippen molar-refractivity contribution in [1.82, 2.24) is 0 Å². The largest absolute Gasteiger partial charge is 0.470 e. The minimum atomic E-state index is -4.89. The van der Waals surface area contributed by atoms with Gasteiger partial charge in [0.1, 0.15) is 0 Å². The molecular formula is C32H46N3O9P. The monoisotopic (exact) mass is 647 g/mol. The molecule has 12 nitrogen and oxygen atoms in total. The van der Waals surface area contributed by atoms with Gasteiger partial charge < -0.3 is 34.8 Å². The van der Waals surface area contributed by atoms with Crippen molar-refractivity contribution >= 4 is 42.9 Å². The van der Waals surface area contributed by atoms with Gasteiger partial charge in [0.05, 0.1) is 17.8 Å². The molecule has 0 aromatic heterocycles. The maximum absolute atomic E-state index is 13.1. The van der Waals surface area contributed by atoms with E-state index in [1.165, 1.54) is 0 Å². The molecule has 4 N–H and O–H groups in total. The lowest BCUT2D eigenvalue weighted by Gasteiger charge is -2.31. The molecule has 3 rings (SSSR count). The number of aryl methyl sites for hydroxylation is 1. The molecule has 0 unspecified atom stereocenters. The van der Waals surface area contributed by atoms with E-state index in [2.05, 4.69) is 47.8 Å². The minimum absolute atomic E-state index is 0.0196. The number of hydrogen-bond donors (Lipinski definition) is 4. The van der Waals surface area contributed by atoms with Gasteiger partial charge in [-0.1, -0.05) is 58.4 Å². The zero-order valence-electron chi connectivity index (χ0n) is 26.9. The fourth-order valence-electron chi connectivity index (χ4n) is 4.97. The van der Waals surface area contributed by atoms with Crippen LogP contribution in [-0.4, -0.2) is 53.2 Å². The van der Waals surface area contributed by atoms with Gasteiger partial charge in [-0.2, -0.15) is 0 Å². The summed E-state index contributed by atoms with van der Waals surface area (Å²) in [6.07, 6.45) is 0.770. The Hall–Kier alpha value is -3.44. The zero-order chi connectivity index (χ0) is 33.4. The molecule has 45 heavy (non-hydrogen) atoms. The maximum atomic E-state index is 13.1. The average Bonchev–Trinajstić information content (AvgIpc) is 3.71. The molecule has 0 heterocycles. The molecule has 1 atom stereocenters. The smallest absolute Gasteiger partial charge is 0.428 e. The molecule has 0 bridgehead atoms. The summed E-state index contributed by atoms with van der Waals surface area (Å²) in [6.45, 7) is 13.3. The first-order chi connectivity index (χ1) is 21.1. The zero-order valence-corrected chi connectivity index (χ0v) is 27.8. The van der Waals surface area contributed by atoms with Crippen molar-refractivity contribution in [2.45, 2.75) is 78.7 Å². The molecular weight excluding hydrogens is 601 g/mol. The van der Waals surface area contributed by atoms with Crippen LogP contribution in [0.4, 0.5) is 21.9 Å². The molecule has 1 fully saturated rings. The number of phosphoric acid groups is 1. The van der Waals surface area contributed by atoms with Crippen molar-refractivity contribution in [3.05, 3.63) is 53.6 Å². The summed E-state index contributed by atoms with van der Waals surface area (Å²) in [6, 6.07) is 12.9. The number of phosphoric ester groups is 1. The van der Waals surface area contributed by atoms with Crippen LogP contribution in [0.3, 0.4) is 0 Å². The summed E-state index contributed by atoms with van der Waals surface area (Å²) in [5.41, 5.74) is 2.34. The molecule has 2 amide bonds. The van der Waals surface area contributed by atoms with Crippen LogP contribution in [0.25, 0.3) is 0 Å². The Morgan fingerprint density at radius 3 is 2.11 bits per heavy atom. The fraction of sp³-hybridized carbons (Fsp3) is 0.531. The lowest BCUT2D eigenvalue weighted by atomic mass is 9.92. The van der Waals surface area contributed by atoms with E-state index >= 15 is 0 Å². The number of urea groups is 1. The molecule has 1 aliphatic rings. The molecule has 1 aliphatic carbocycles. The molecule has 2 aromatic rings. The third kappa shape index (κ3) is 11.5. The third-order valence-corrected chi connectivity index (χ3v) is 7.83. The number of carbonyl (C=O) groups excluding carboxylic acids is 3. The minimum Gasteiger partial charge on any atom is -0.428 e. The molecule has 0 spiro atoms. The Morgan fingerprint density at radius 1 is 0.956 bits per heavy atom. The predicted molar refractivity (Wildman–Crippen MR) is 172 cm³/mol. The van der Waals surface area contributed by atoms with Crippen LogP contribution in [0.5, 0.6) is 0 Å².